The van der Waals surface area contributed by atoms with Crippen molar-refractivity contribution in [3.05, 3.63) is 80.9 Å². The van der Waals surface area contributed by atoms with Crippen LogP contribution in [0, 0.1) is 0 Å². The molecule has 0 N–H and O–H groups in total. The first kappa shape index (κ1) is 21.4. The number of alkyl halides is 3. The maximum atomic E-state index is 13.3. The number of hydrogen-bond donors (Lipinski definition) is 0. The highest BCUT2D eigenvalue weighted by molar-refractivity contribution is 9.10. The zero-order chi connectivity index (χ0) is 21.5. The summed E-state index contributed by atoms with van der Waals surface area (Å²) < 4.78 is 40.7. The van der Waals surface area contributed by atoms with Crippen LogP contribution in [0.1, 0.15) is 34.0 Å². The molecule has 1 aromatic heterocycles. The SMILES string of the molecule is O=C(CC1CSc2cc(Br)c(-c3ccccc3Cl)nc21)c1ccccc1C(F)(F)F. The summed E-state index contributed by atoms with van der Waals surface area (Å²) in [6.07, 6.45) is -4.61. The third-order valence-corrected chi connectivity index (χ3v) is 7.03. The summed E-state index contributed by atoms with van der Waals surface area (Å²) in [4.78, 5) is 18.5. The minimum Gasteiger partial charge on any atom is -0.294 e. The van der Waals surface area contributed by atoms with Crippen molar-refractivity contribution in [2.75, 3.05) is 5.75 Å². The van der Waals surface area contributed by atoms with Crippen LogP contribution in [0.3, 0.4) is 0 Å². The molecule has 3 aromatic rings. The highest BCUT2D eigenvalue weighted by Crippen LogP contribution is 2.45. The zero-order valence-corrected chi connectivity index (χ0v) is 18.5. The number of carbonyl (C=O) groups is 1. The van der Waals surface area contributed by atoms with Crippen LogP contribution in [-0.4, -0.2) is 16.5 Å². The number of thioether (sulfide) groups is 1. The summed E-state index contributed by atoms with van der Waals surface area (Å²) in [7, 11) is 0. The second-order valence-corrected chi connectivity index (χ2v) is 9.18. The minimum atomic E-state index is -4.57. The summed E-state index contributed by atoms with van der Waals surface area (Å²) >= 11 is 11.4. The molecule has 0 amide bonds. The Labute approximate surface area is 189 Å². The molecule has 1 unspecified atom stereocenters. The lowest BCUT2D eigenvalue weighted by Crippen LogP contribution is -2.15. The van der Waals surface area contributed by atoms with Gasteiger partial charge in [0, 0.05) is 43.6 Å². The first-order chi connectivity index (χ1) is 14.3. The fraction of sp³-hybridized carbons (Fsp3) is 0.182. The van der Waals surface area contributed by atoms with Crippen molar-refractivity contribution in [3.63, 3.8) is 0 Å². The smallest absolute Gasteiger partial charge is 0.294 e. The van der Waals surface area contributed by atoms with Crippen molar-refractivity contribution in [2.24, 2.45) is 0 Å². The Bertz CT molecular complexity index is 1140. The van der Waals surface area contributed by atoms with E-state index >= 15 is 0 Å². The van der Waals surface area contributed by atoms with Gasteiger partial charge < -0.3 is 0 Å². The average Bonchev–Trinajstić information content (AvgIpc) is 3.08. The first-order valence-corrected chi connectivity index (χ1v) is 11.2. The van der Waals surface area contributed by atoms with Crippen LogP contribution in [0.4, 0.5) is 13.2 Å². The Balaban J connectivity index is 1.67. The van der Waals surface area contributed by atoms with Gasteiger partial charge in [-0.15, -0.1) is 11.8 Å². The van der Waals surface area contributed by atoms with E-state index in [-0.39, 0.29) is 17.9 Å². The van der Waals surface area contributed by atoms with E-state index in [1.54, 1.807) is 17.8 Å². The normalized spacial score (nSPS) is 15.8. The van der Waals surface area contributed by atoms with E-state index in [2.05, 4.69) is 15.9 Å². The minimum absolute atomic E-state index is 0.0380. The molecule has 8 heteroatoms. The van der Waals surface area contributed by atoms with Gasteiger partial charge in [0.05, 0.1) is 17.0 Å². The zero-order valence-electron chi connectivity index (χ0n) is 15.3. The monoisotopic (exact) mass is 511 g/mol. The molecule has 2 aromatic carbocycles. The van der Waals surface area contributed by atoms with E-state index in [4.69, 9.17) is 16.6 Å². The van der Waals surface area contributed by atoms with Crippen LogP contribution in [0.5, 0.6) is 0 Å². The van der Waals surface area contributed by atoms with Gasteiger partial charge in [-0.3, -0.25) is 9.78 Å². The largest absolute Gasteiger partial charge is 0.417 e. The number of fused-ring (bicyclic) bond motifs is 1. The lowest BCUT2D eigenvalue weighted by atomic mass is 9.93. The van der Waals surface area contributed by atoms with Crippen molar-refractivity contribution >= 4 is 45.1 Å². The maximum Gasteiger partial charge on any atom is 0.417 e. The van der Waals surface area contributed by atoms with Crippen LogP contribution in [-0.2, 0) is 6.18 Å². The predicted molar refractivity (Wildman–Crippen MR) is 116 cm³/mol. The number of benzene rings is 2. The number of pyridine rings is 1. The fourth-order valence-electron chi connectivity index (χ4n) is 3.47. The summed E-state index contributed by atoms with van der Waals surface area (Å²) in [5.41, 5.74) is 0.914. The molecule has 0 radical (unpaired) electrons. The van der Waals surface area contributed by atoms with E-state index < -0.39 is 17.5 Å². The van der Waals surface area contributed by atoms with Crippen LogP contribution in [0.2, 0.25) is 5.02 Å². The van der Waals surface area contributed by atoms with Crippen molar-refractivity contribution in [1.82, 2.24) is 4.98 Å². The topological polar surface area (TPSA) is 30.0 Å². The van der Waals surface area contributed by atoms with Crippen molar-refractivity contribution in [1.29, 1.82) is 0 Å². The number of aromatic nitrogens is 1. The summed E-state index contributed by atoms with van der Waals surface area (Å²) in [5.74, 6) is -0.223. The van der Waals surface area contributed by atoms with Crippen LogP contribution >= 0.6 is 39.3 Å². The Morgan fingerprint density at radius 2 is 1.87 bits per heavy atom. The molecule has 1 atom stereocenters. The van der Waals surface area contributed by atoms with Gasteiger partial charge in [0.25, 0.3) is 0 Å². The third kappa shape index (κ3) is 4.15. The van der Waals surface area contributed by atoms with E-state index in [0.717, 1.165) is 26.7 Å². The van der Waals surface area contributed by atoms with E-state index in [1.807, 2.05) is 24.3 Å². The summed E-state index contributed by atoms with van der Waals surface area (Å²) in [5, 5.41) is 0.544. The second kappa shape index (κ2) is 8.36. The van der Waals surface area contributed by atoms with Gasteiger partial charge in [-0.2, -0.15) is 13.2 Å². The Morgan fingerprint density at radius 3 is 2.60 bits per heavy atom. The molecule has 0 aliphatic carbocycles. The summed E-state index contributed by atoms with van der Waals surface area (Å²) in [6, 6.07) is 14.1. The second-order valence-electron chi connectivity index (χ2n) is 6.86. The molecule has 0 saturated heterocycles. The molecule has 1 aliphatic heterocycles. The number of rotatable bonds is 4. The van der Waals surface area contributed by atoms with E-state index in [9.17, 15) is 18.0 Å². The standard InChI is InChI=1S/C22H14BrClF3NOS/c23-16-10-19-20(28-21(16)14-6-2-4-8-17(14)24)12(11-30-19)9-18(29)13-5-1-3-7-15(13)22(25,26)27/h1-8,10,12H,9,11H2. The third-order valence-electron chi connectivity index (χ3n) is 4.89. The van der Waals surface area contributed by atoms with Crippen molar-refractivity contribution in [2.45, 2.75) is 23.4 Å². The van der Waals surface area contributed by atoms with Gasteiger partial charge in [0.1, 0.15) is 0 Å². The predicted octanol–water partition coefficient (Wildman–Crippen LogP) is 7.65. The van der Waals surface area contributed by atoms with Gasteiger partial charge in [-0.25, -0.2) is 0 Å². The molecule has 0 fully saturated rings. The molecule has 30 heavy (non-hydrogen) atoms. The number of ketones is 1. The molecule has 4 rings (SSSR count). The quantitative estimate of drug-likeness (QED) is 0.336. The van der Waals surface area contributed by atoms with Gasteiger partial charge in [0.15, 0.2) is 5.78 Å². The fourth-order valence-corrected chi connectivity index (χ4v) is 5.59. The molecular weight excluding hydrogens is 499 g/mol. The highest BCUT2D eigenvalue weighted by Gasteiger charge is 2.36. The van der Waals surface area contributed by atoms with Gasteiger partial charge in [-0.1, -0.05) is 48.0 Å². The van der Waals surface area contributed by atoms with Crippen LogP contribution in [0.25, 0.3) is 11.3 Å². The van der Waals surface area contributed by atoms with Crippen molar-refractivity contribution < 1.29 is 18.0 Å². The molecule has 154 valence electrons. The first-order valence-electron chi connectivity index (χ1n) is 9.03. The molecule has 2 heterocycles. The van der Waals surface area contributed by atoms with Gasteiger partial charge in [-0.05, 0) is 34.1 Å². The maximum absolute atomic E-state index is 13.3. The lowest BCUT2D eigenvalue weighted by Gasteiger charge is -2.15. The van der Waals surface area contributed by atoms with Crippen LogP contribution < -0.4 is 0 Å². The van der Waals surface area contributed by atoms with Crippen LogP contribution in [0.15, 0.2) is 64.0 Å². The Hall–Kier alpha value is -1.83. The number of halogens is 5. The highest BCUT2D eigenvalue weighted by atomic mass is 79.9. The number of carbonyl (C=O) groups excluding carboxylic acids is 1. The molecule has 0 saturated carbocycles. The molecule has 1 aliphatic rings. The van der Waals surface area contributed by atoms with Gasteiger partial charge in [0.2, 0.25) is 0 Å². The van der Waals surface area contributed by atoms with Crippen molar-refractivity contribution in [3.8, 4) is 11.3 Å². The number of hydrogen-bond acceptors (Lipinski definition) is 3. The lowest BCUT2D eigenvalue weighted by molar-refractivity contribution is -0.137. The average molecular weight is 513 g/mol. The summed E-state index contributed by atoms with van der Waals surface area (Å²) in [6.45, 7) is 0. The Kier molecular flexibility index (Phi) is 5.97. The number of nitrogens with zero attached hydrogens (tertiary/aromatic N) is 1. The Morgan fingerprint density at radius 1 is 1.17 bits per heavy atom. The van der Waals surface area contributed by atoms with Gasteiger partial charge >= 0.3 is 6.18 Å². The van der Waals surface area contributed by atoms with E-state index in [1.165, 1.54) is 18.2 Å². The molecule has 2 nitrogen and oxygen atoms in total. The molecule has 0 spiro atoms. The molecule has 0 bridgehead atoms. The molecular formula is C22H14BrClF3NOS. The number of Topliss-reactive ketones (excluding diaryl/α,β-unsaturated/α-hetero) is 1. The van der Waals surface area contributed by atoms with E-state index in [0.29, 0.717) is 16.5 Å².